The Labute approximate surface area is 134 Å². The van der Waals surface area contributed by atoms with Crippen LogP contribution in [0.3, 0.4) is 0 Å². The van der Waals surface area contributed by atoms with E-state index >= 15 is 0 Å². The Kier molecular flexibility index (Phi) is 4.02. The largest absolute Gasteiger partial charge is 0.506 e. The third kappa shape index (κ3) is 2.29. The van der Waals surface area contributed by atoms with Crippen LogP contribution in [0, 0.1) is 0 Å². The molecule has 8 heteroatoms. The molecule has 0 heterocycles. The molecule has 0 atom stereocenters. The lowest BCUT2D eigenvalue weighted by atomic mass is 10.0. The summed E-state index contributed by atoms with van der Waals surface area (Å²) < 4.78 is 0. The zero-order valence-electron chi connectivity index (χ0n) is 9.72. The first-order valence-corrected chi connectivity index (χ1v) is 6.70. The number of nitrogen functional groups attached to an aromatic ring is 2. The molecule has 0 aliphatic rings. The van der Waals surface area contributed by atoms with Crippen molar-refractivity contribution in [2.24, 2.45) is 0 Å². The fourth-order valence-electron chi connectivity index (χ4n) is 1.68. The highest BCUT2D eigenvalue weighted by molar-refractivity contribution is 6.44. The molecule has 4 nitrogen and oxygen atoms in total. The highest BCUT2D eigenvalue weighted by atomic mass is 35.5. The monoisotopic (exact) mass is 352 g/mol. The van der Waals surface area contributed by atoms with Gasteiger partial charge in [0.25, 0.3) is 0 Å². The first-order chi connectivity index (χ1) is 9.25. The SMILES string of the molecule is Nc1c(Cl)c(O)cc(-c2cc(O)c(Cl)c(N)c2Cl)c1Cl. The number of rotatable bonds is 1. The van der Waals surface area contributed by atoms with Crippen LogP contribution in [0.2, 0.25) is 20.1 Å². The van der Waals surface area contributed by atoms with E-state index in [4.69, 9.17) is 57.9 Å². The molecule has 0 fully saturated rings. The Morgan fingerprint density at radius 1 is 0.650 bits per heavy atom. The summed E-state index contributed by atoms with van der Waals surface area (Å²) in [6, 6.07) is 2.55. The topological polar surface area (TPSA) is 92.5 Å². The number of hydrogen-bond donors (Lipinski definition) is 4. The van der Waals surface area contributed by atoms with Crippen LogP contribution < -0.4 is 11.5 Å². The molecule has 2 aromatic carbocycles. The fraction of sp³-hybridized carbons (Fsp3) is 0. The smallest absolute Gasteiger partial charge is 0.137 e. The molecule has 0 bridgehead atoms. The number of phenols is 2. The molecule has 2 rings (SSSR count). The van der Waals surface area contributed by atoms with E-state index in [0.717, 1.165) is 0 Å². The molecular weight excluding hydrogens is 346 g/mol. The van der Waals surface area contributed by atoms with E-state index in [1.54, 1.807) is 0 Å². The Bertz CT molecular complexity index is 658. The lowest BCUT2D eigenvalue weighted by Crippen LogP contribution is -1.95. The number of aromatic hydroxyl groups is 2. The predicted molar refractivity (Wildman–Crippen MR) is 84.1 cm³/mol. The Morgan fingerprint density at radius 3 is 1.25 bits per heavy atom. The van der Waals surface area contributed by atoms with Crippen molar-refractivity contribution in [3.05, 3.63) is 32.2 Å². The van der Waals surface area contributed by atoms with Crippen LogP contribution in [-0.4, -0.2) is 10.2 Å². The van der Waals surface area contributed by atoms with E-state index in [1.165, 1.54) is 12.1 Å². The van der Waals surface area contributed by atoms with Gasteiger partial charge < -0.3 is 21.7 Å². The number of halogens is 4. The minimum absolute atomic E-state index is 0.00703. The van der Waals surface area contributed by atoms with Crippen LogP contribution >= 0.6 is 46.4 Å². The molecule has 0 saturated carbocycles. The molecular formula is C12H8Cl4N2O2. The predicted octanol–water partition coefficient (Wildman–Crippen LogP) is 4.54. The van der Waals surface area contributed by atoms with Crippen molar-refractivity contribution in [3.8, 4) is 22.6 Å². The average molecular weight is 354 g/mol. The molecule has 0 amide bonds. The number of nitrogens with two attached hydrogens (primary N) is 2. The quantitative estimate of drug-likeness (QED) is 0.566. The standard InChI is InChI=1S/C12H8Cl4N2O2/c13-7-3(1-5(19)9(15)11(7)17)4-2-6(20)10(16)12(18)8(4)14/h1-2,19-20H,17-18H2. The van der Waals surface area contributed by atoms with E-state index < -0.39 is 0 Å². The molecule has 0 aromatic heterocycles. The summed E-state index contributed by atoms with van der Waals surface area (Å²) in [5.74, 6) is -0.541. The van der Waals surface area contributed by atoms with Gasteiger partial charge in [-0.15, -0.1) is 0 Å². The van der Waals surface area contributed by atoms with Crippen molar-refractivity contribution in [1.82, 2.24) is 0 Å². The second-order valence-corrected chi connectivity index (χ2v) is 5.48. The van der Waals surface area contributed by atoms with Crippen molar-refractivity contribution in [2.75, 3.05) is 11.5 Å². The maximum atomic E-state index is 9.72. The summed E-state index contributed by atoms with van der Waals surface area (Å²) in [6.07, 6.45) is 0. The molecule has 0 spiro atoms. The molecule has 0 radical (unpaired) electrons. The number of anilines is 2. The highest BCUT2D eigenvalue weighted by Crippen LogP contribution is 2.48. The van der Waals surface area contributed by atoms with Gasteiger partial charge in [-0.1, -0.05) is 46.4 Å². The maximum Gasteiger partial charge on any atom is 0.137 e. The van der Waals surface area contributed by atoms with Gasteiger partial charge in [0.05, 0.1) is 21.4 Å². The normalized spacial score (nSPS) is 10.8. The number of hydrogen-bond acceptors (Lipinski definition) is 4. The lowest BCUT2D eigenvalue weighted by Gasteiger charge is -2.14. The summed E-state index contributed by atoms with van der Waals surface area (Å²) in [6.45, 7) is 0. The molecule has 20 heavy (non-hydrogen) atoms. The molecule has 0 aliphatic heterocycles. The third-order valence-corrected chi connectivity index (χ3v) is 4.33. The molecule has 106 valence electrons. The molecule has 0 unspecified atom stereocenters. The highest BCUT2D eigenvalue weighted by Gasteiger charge is 2.20. The average Bonchev–Trinajstić information content (AvgIpc) is 2.42. The van der Waals surface area contributed by atoms with E-state index in [0.29, 0.717) is 0 Å². The first kappa shape index (κ1) is 15.2. The molecule has 0 aliphatic carbocycles. The van der Waals surface area contributed by atoms with Crippen LogP contribution in [0.1, 0.15) is 0 Å². The zero-order valence-corrected chi connectivity index (χ0v) is 12.7. The van der Waals surface area contributed by atoms with Gasteiger partial charge in [-0.2, -0.15) is 0 Å². The zero-order chi connectivity index (χ0) is 15.2. The van der Waals surface area contributed by atoms with Gasteiger partial charge >= 0.3 is 0 Å². The van der Waals surface area contributed by atoms with Crippen LogP contribution in [0.25, 0.3) is 11.1 Å². The summed E-state index contributed by atoms with van der Waals surface area (Å²) in [5, 5.41) is 19.5. The van der Waals surface area contributed by atoms with Gasteiger partial charge in [0, 0.05) is 11.1 Å². The van der Waals surface area contributed by atoms with Crippen molar-refractivity contribution >= 4 is 57.8 Å². The van der Waals surface area contributed by atoms with Gasteiger partial charge in [-0.25, -0.2) is 0 Å². The van der Waals surface area contributed by atoms with Gasteiger partial charge in [-0.05, 0) is 12.1 Å². The van der Waals surface area contributed by atoms with Crippen molar-refractivity contribution in [3.63, 3.8) is 0 Å². The summed E-state index contributed by atoms with van der Waals surface area (Å²) >= 11 is 23.7. The van der Waals surface area contributed by atoms with Crippen molar-refractivity contribution in [2.45, 2.75) is 0 Å². The van der Waals surface area contributed by atoms with Crippen LogP contribution in [0.4, 0.5) is 11.4 Å². The second-order valence-electron chi connectivity index (χ2n) is 3.97. The third-order valence-electron chi connectivity index (χ3n) is 2.72. The van der Waals surface area contributed by atoms with Gasteiger partial charge in [-0.3, -0.25) is 0 Å². The van der Waals surface area contributed by atoms with Crippen molar-refractivity contribution in [1.29, 1.82) is 0 Å². The molecule has 6 N–H and O–H groups in total. The maximum absolute atomic E-state index is 9.72. The summed E-state index contributed by atoms with van der Waals surface area (Å²) in [7, 11) is 0. The fourth-order valence-corrected chi connectivity index (χ4v) is 2.57. The van der Waals surface area contributed by atoms with Crippen LogP contribution in [-0.2, 0) is 0 Å². The Balaban J connectivity index is 2.83. The van der Waals surface area contributed by atoms with E-state index in [9.17, 15) is 10.2 Å². The first-order valence-electron chi connectivity index (χ1n) is 5.19. The summed E-state index contributed by atoms with van der Waals surface area (Å²) in [5.41, 5.74) is 11.9. The van der Waals surface area contributed by atoms with E-state index in [2.05, 4.69) is 0 Å². The minimum Gasteiger partial charge on any atom is -0.506 e. The van der Waals surface area contributed by atoms with Gasteiger partial charge in [0.2, 0.25) is 0 Å². The second kappa shape index (κ2) is 5.30. The van der Waals surface area contributed by atoms with E-state index in [-0.39, 0.29) is 54.1 Å². The van der Waals surface area contributed by atoms with Crippen LogP contribution in [0.5, 0.6) is 11.5 Å². The van der Waals surface area contributed by atoms with Gasteiger partial charge in [0.15, 0.2) is 0 Å². The Morgan fingerprint density at radius 2 is 0.950 bits per heavy atom. The van der Waals surface area contributed by atoms with Crippen LogP contribution in [0.15, 0.2) is 12.1 Å². The lowest BCUT2D eigenvalue weighted by molar-refractivity contribution is 0.475. The van der Waals surface area contributed by atoms with Crippen molar-refractivity contribution < 1.29 is 10.2 Å². The molecule has 0 saturated heterocycles. The number of benzene rings is 2. The van der Waals surface area contributed by atoms with Gasteiger partial charge in [0.1, 0.15) is 21.5 Å². The summed E-state index contributed by atoms with van der Waals surface area (Å²) in [4.78, 5) is 0. The Hall–Kier alpha value is -1.20. The molecule has 2 aromatic rings. The number of phenolic OH excluding ortho intramolecular Hbond substituents is 2. The van der Waals surface area contributed by atoms with E-state index in [1.807, 2.05) is 0 Å². The minimum atomic E-state index is -0.271.